The summed E-state index contributed by atoms with van der Waals surface area (Å²) in [4.78, 5) is 26.3. The second-order valence-corrected chi connectivity index (χ2v) is 9.88. The summed E-state index contributed by atoms with van der Waals surface area (Å²) in [5.41, 5.74) is 7.43. The maximum atomic E-state index is 13.1. The summed E-state index contributed by atoms with van der Waals surface area (Å²) in [6, 6.07) is 17.6. The highest BCUT2D eigenvalue weighted by molar-refractivity contribution is 8.00. The number of carbonyl (C=O) groups is 2. The molecule has 1 saturated heterocycles. The number of nitrogens with zero attached hydrogens (tertiary/aromatic N) is 4. The Bertz CT molecular complexity index is 1110. The Hall–Kier alpha value is -2.84. The molecule has 172 valence electrons. The van der Waals surface area contributed by atoms with Gasteiger partial charge in [0.15, 0.2) is 5.16 Å². The van der Waals surface area contributed by atoms with Crippen molar-refractivity contribution in [1.29, 1.82) is 0 Å². The molecular formula is C24H26ClN5O2S. The van der Waals surface area contributed by atoms with Crippen LogP contribution in [0.15, 0.2) is 59.8 Å². The number of amides is 2. The van der Waals surface area contributed by atoms with E-state index in [1.54, 1.807) is 0 Å². The molecule has 3 aromatic rings. The monoisotopic (exact) mass is 483 g/mol. The van der Waals surface area contributed by atoms with Gasteiger partial charge in [0, 0.05) is 36.1 Å². The number of likely N-dealkylation sites (tertiary alicyclic amines) is 1. The van der Waals surface area contributed by atoms with Crippen molar-refractivity contribution in [2.45, 2.75) is 36.6 Å². The van der Waals surface area contributed by atoms with Gasteiger partial charge in [-0.15, -0.1) is 10.2 Å². The molecule has 1 atom stereocenters. The van der Waals surface area contributed by atoms with Crippen LogP contribution in [-0.2, 0) is 16.0 Å². The molecule has 2 N–H and O–H groups in total. The van der Waals surface area contributed by atoms with Gasteiger partial charge < -0.3 is 10.6 Å². The minimum Gasteiger partial charge on any atom is -0.369 e. The van der Waals surface area contributed by atoms with E-state index in [-0.39, 0.29) is 23.0 Å². The number of piperidine rings is 1. The third-order valence-electron chi connectivity index (χ3n) is 5.83. The molecule has 9 heteroatoms. The van der Waals surface area contributed by atoms with Gasteiger partial charge in [-0.05, 0) is 49.6 Å². The molecule has 1 aliphatic heterocycles. The van der Waals surface area contributed by atoms with Crippen molar-refractivity contribution in [2.24, 2.45) is 11.7 Å². The molecule has 2 heterocycles. The van der Waals surface area contributed by atoms with E-state index in [2.05, 4.69) is 22.3 Å². The Labute approximate surface area is 202 Å². The summed E-state index contributed by atoms with van der Waals surface area (Å²) < 4.78 is 1.98. The van der Waals surface area contributed by atoms with Crippen molar-refractivity contribution in [3.05, 3.63) is 71.0 Å². The van der Waals surface area contributed by atoms with Crippen LogP contribution in [0.1, 0.15) is 31.2 Å². The van der Waals surface area contributed by atoms with Crippen molar-refractivity contribution in [2.75, 3.05) is 13.1 Å². The van der Waals surface area contributed by atoms with Gasteiger partial charge in [0.2, 0.25) is 11.8 Å². The van der Waals surface area contributed by atoms with E-state index < -0.39 is 0 Å². The molecule has 7 nitrogen and oxygen atoms in total. The van der Waals surface area contributed by atoms with E-state index in [0.29, 0.717) is 42.5 Å². The molecule has 2 aromatic carbocycles. The highest BCUT2D eigenvalue weighted by atomic mass is 35.5. The zero-order valence-corrected chi connectivity index (χ0v) is 19.9. The van der Waals surface area contributed by atoms with Crippen molar-refractivity contribution in [3.63, 3.8) is 0 Å². The number of hydrogen-bond donors (Lipinski definition) is 1. The lowest BCUT2D eigenvalue weighted by molar-refractivity contribution is -0.134. The summed E-state index contributed by atoms with van der Waals surface area (Å²) in [5.74, 6) is 0.378. The minimum atomic E-state index is -0.352. The largest absolute Gasteiger partial charge is 0.369 e. The molecule has 33 heavy (non-hydrogen) atoms. The second kappa shape index (κ2) is 10.4. The second-order valence-electron chi connectivity index (χ2n) is 8.14. The number of carbonyl (C=O) groups excluding carboxylic acids is 2. The van der Waals surface area contributed by atoms with E-state index in [9.17, 15) is 9.59 Å². The van der Waals surface area contributed by atoms with Gasteiger partial charge in [-0.25, -0.2) is 0 Å². The lowest BCUT2D eigenvalue weighted by Gasteiger charge is -2.32. The Morgan fingerprint density at radius 3 is 2.39 bits per heavy atom. The molecule has 0 saturated carbocycles. The Kier molecular flexibility index (Phi) is 7.35. The van der Waals surface area contributed by atoms with Crippen LogP contribution >= 0.6 is 23.4 Å². The molecule has 0 spiro atoms. The first-order chi connectivity index (χ1) is 15.9. The number of rotatable bonds is 7. The van der Waals surface area contributed by atoms with Crippen LogP contribution in [0.2, 0.25) is 5.02 Å². The standard InChI is InChI=1S/C24H26ClN5O2S/c1-16(23(32)29-13-11-18(12-14-29)22(26)31)33-24-28-27-21(15-17-5-3-2-4-6-17)30(24)20-9-7-19(25)8-10-20/h2-10,16,18H,11-15H2,1H3,(H2,26,31). The van der Waals surface area contributed by atoms with Gasteiger partial charge in [0.1, 0.15) is 5.82 Å². The molecule has 2 amide bonds. The Morgan fingerprint density at radius 2 is 1.76 bits per heavy atom. The van der Waals surface area contributed by atoms with Crippen LogP contribution in [-0.4, -0.2) is 49.8 Å². The van der Waals surface area contributed by atoms with Crippen molar-refractivity contribution in [1.82, 2.24) is 19.7 Å². The Balaban J connectivity index is 1.55. The molecule has 0 bridgehead atoms. The van der Waals surface area contributed by atoms with Crippen LogP contribution in [0, 0.1) is 5.92 Å². The van der Waals surface area contributed by atoms with Gasteiger partial charge in [-0.1, -0.05) is 53.7 Å². The van der Waals surface area contributed by atoms with E-state index in [1.165, 1.54) is 11.8 Å². The lowest BCUT2D eigenvalue weighted by Crippen LogP contribution is -2.44. The lowest BCUT2D eigenvalue weighted by atomic mass is 9.96. The number of nitrogens with two attached hydrogens (primary N) is 1. The van der Waals surface area contributed by atoms with Crippen LogP contribution in [0.4, 0.5) is 0 Å². The Morgan fingerprint density at radius 1 is 1.09 bits per heavy atom. The smallest absolute Gasteiger partial charge is 0.235 e. The average Bonchev–Trinajstić information content (AvgIpc) is 3.21. The summed E-state index contributed by atoms with van der Waals surface area (Å²) in [5, 5.41) is 9.82. The van der Waals surface area contributed by atoms with E-state index in [0.717, 1.165) is 17.1 Å². The number of halogens is 1. The topological polar surface area (TPSA) is 94.1 Å². The van der Waals surface area contributed by atoms with Crippen LogP contribution in [0.3, 0.4) is 0 Å². The maximum absolute atomic E-state index is 13.1. The van der Waals surface area contributed by atoms with E-state index in [4.69, 9.17) is 17.3 Å². The van der Waals surface area contributed by atoms with Crippen molar-refractivity contribution >= 4 is 35.2 Å². The zero-order valence-electron chi connectivity index (χ0n) is 18.4. The fraction of sp³-hybridized carbons (Fsp3) is 0.333. The maximum Gasteiger partial charge on any atom is 0.235 e. The van der Waals surface area contributed by atoms with Gasteiger partial charge in [0.05, 0.1) is 5.25 Å². The fourth-order valence-corrected chi connectivity index (χ4v) is 5.07. The summed E-state index contributed by atoms with van der Waals surface area (Å²) >= 11 is 7.48. The van der Waals surface area contributed by atoms with Crippen LogP contribution < -0.4 is 5.73 Å². The summed E-state index contributed by atoms with van der Waals surface area (Å²) in [6.45, 7) is 2.96. The number of aromatic nitrogens is 3. The van der Waals surface area contributed by atoms with E-state index >= 15 is 0 Å². The number of benzene rings is 2. The van der Waals surface area contributed by atoms with Gasteiger partial charge in [-0.3, -0.25) is 14.2 Å². The third-order valence-corrected chi connectivity index (χ3v) is 7.11. The quantitative estimate of drug-likeness (QED) is 0.517. The highest BCUT2D eigenvalue weighted by Crippen LogP contribution is 2.29. The van der Waals surface area contributed by atoms with Crippen molar-refractivity contribution in [3.8, 4) is 5.69 Å². The number of thioether (sulfide) groups is 1. The van der Waals surface area contributed by atoms with Gasteiger partial charge in [-0.2, -0.15) is 0 Å². The number of primary amides is 1. The average molecular weight is 484 g/mol. The fourth-order valence-electron chi connectivity index (χ4n) is 3.97. The molecule has 1 aliphatic rings. The van der Waals surface area contributed by atoms with Gasteiger partial charge >= 0.3 is 0 Å². The first-order valence-corrected chi connectivity index (χ1v) is 12.2. The molecule has 1 fully saturated rings. The van der Waals surface area contributed by atoms with Crippen LogP contribution in [0.25, 0.3) is 5.69 Å². The summed E-state index contributed by atoms with van der Waals surface area (Å²) in [7, 11) is 0. The summed E-state index contributed by atoms with van der Waals surface area (Å²) in [6.07, 6.45) is 1.83. The molecule has 1 aromatic heterocycles. The van der Waals surface area contributed by atoms with Gasteiger partial charge in [0.25, 0.3) is 0 Å². The zero-order chi connectivity index (χ0) is 23.4. The molecule has 0 aliphatic carbocycles. The molecular weight excluding hydrogens is 458 g/mol. The normalized spacial score (nSPS) is 15.4. The molecule has 1 unspecified atom stereocenters. The highest BCUT2D eigenvalue weighted by Gasteiger charge is 2.30. The predicted octanol–water partition coefficient (Wildman–Crippen LogP) is 3.72. The number of hydrogen-bond acceptors (Lipinski definition) is 5. The van der Waals surface area contributed by atoms with Crippen LogP contribution in [0.5, 0.6) is 0 Å². The minimum absolute atomic E-state index is 0.0261. The first-order valence-electron chi connectivity index (χ1n) is 10.9. The first kappa shape index (κ1) is 23.3. The third kappa shape index (κ3) is 5.57. The molecule has 4 rings (SSSR count). The van der Waals surface area contributed by atoms with Crippen molar-refractivity contribution < 1.29 is 9.59 Å². The predicted molar refractivity (Wildman–Crippen MR) is 129 cm³/mol. The molecule has 0 radical (unpaired) electrons. The SMILES string of the molecule is CC(Sc1nnc(Cc2ccccc2)n1-c1ccc(Cl)cc1)C(=O)N1CCC(C(N)=O)CC1. The van der Waals surface area contributed by atoms with E-state index in [1.807, 2.05) is 58.9 Å².